The predicted octanol–water partition coefficient (Wildman–Crippen LogP) is 3.90. The number of pyridine rings is 1. The maximum absolute atomic E-state index is 13.5. The Kier molecular flexibility index (Phi) is 4.75. The second kappa shape index (κ2) is 7.55. The number of imidazole rings is 1. The lowest BCUT2D eigenvalue weighted by Gasteiger charge is -2.34. The molecule has 2 aromatic heterocycles. The molecule has 29 heavy (non-hydrogen) atoms. The van der Waals surface area contributed by atoms with Crippen molar-refractivity contribution >= 4 is 17.1 Å². The predicted molar refractivity (Wildman–Crippen MR) is 106 cm³/mol. The summed E-state index contributed by atoms with van der Waals surface area (Å²) in [5, 5.41) is 0. The van der Waals surface area contributed by atoms with Crippen molar-refractivity contribution in [3.63, 3.8) is 0 Å². The molecule has 2 aliphatic heterocycles. The van der Waals surface area contributed by atoms with Crippen LogP contribution in [0.25, 0.3) is 11.2 Å². The van der Waals surface area contributed by atoms with Crippen molar-refractivity contribution in [2.45, 2.75) is 37.8 Å². The number of carbonyl (C=O) groups is 1. The number of fused-ring (bicyclic) bond motifs is 1. The monoisotopic (exact) mass is 394 g/mol. The fourth-order valence-electron chi connectivity index (χ4n) is 4.45. The largest absolute Gasteiger partial charge is 0.370 e. The fourth-order valence-corrected chi connectivity index (χ4v) is 4.45. The molecule has 1 aromatic carbocycles. The van der Waals surface area contributed by atoms with Crippen LogP contribution in [0.3, 0.4) is 0 Å². The van der Waals surface area contributed by atoms with Gasteiger partial charge in [-0.05, 0) is 56.0 Å². The number of aromatic nitrogens is 3. The summed E-state index contributed by atoms with van der Waals surface area (Å²) in [6, 6.07) is 10.0. The molecule has 0 radical (unpaired) electrons. The summed E-state index contributed by atoms with van der Waals surface area (Å²) in [5.41, 5.74) is 2.17. The van der Waals surface area contributed by atoms with Gasteiger partial charge in [0.2, 0.25) is 0 Å². The normalized spacial score (nSPS) is 20.4. The maximum Gasteiger partial charge on any atom is 0.253 e. The Morgan fingerprint density at radius 3 is 2.76 bits per heavy atom. The van der Waals surface area contributed by atoms with Crippen LogP contribution in [0.5, 0.6) is 0 Å². The molecule has 0 N–H and O–H groups in total. The number of rotatable bonds is 3. The zero-order valence-corrected chi connectivity index (χ0v) is 16.1. The minimum atomic E-state index is -0.386. The summed E-state index contributed by atoms with van der Waals surface area (Å²) in [6.07, 6.45) is 5.44. The first-order valence-corrected chi connectivity index (χ1v) is 10.2. The Bertz CT molecular complexity index is 1040. The molecule has 6 nitrogen and oxygen atoms in total. The Morgan fingerprint density at radius 2 is 2.00 bits per heavy atom. The Hall–Kier alpha value is -2.80. The number of nitrogens with zero attached hydrogens (tertiary/aromatic N) is 4. The van der Waals surface area contributed by atoms with E-state index in [4.69, 9.17) is 9.72 Å². The Labute approximate surface area is 168 Å². The lowest BCUT2D eigenvalue weighted by molar-refractivity contribution is 0.0681. The number of ether oxygens (including phenoxy) is 1. The van der Waals surface area contributed by atoms with Gasteiger partial charge in [-0.3, -0.25) is 4.79 Å². The van der Waals surface area contributed by atoms with Crippen LogP contribution in [-0.2, 0) is 4.74 Å². The quantitative estimate of drug-likeness (QED) is 0.676. The topological polar surface area (TPSA) is 60.2 Å². The van der Waals surface area contributed by atoms with Crippen molar-refractivity contribution in [1.82, 2.24) is 19.4 Å². The van der Waals surface area contributed by atoms with Gasteiger partial charge in [0, 0.05) is 37.5 Å². The highest BCUT2D eigenvalue weighted by atomic mass is 19.1. The van der Waals surface area contributed by atoms with Crippen molar-refractivity contribution in [1.29, 1.82) is 0 Å². The first-order chi connectivity index (χ1) is 14.2. The first kappa shape index (κ1) is 18.2. The summed E-state index contributed by atoms with van der Waals surface area (Å²) in [7, 11) is 0. The van der Waals surface area contributed by atoms with Crippen LogP contribution in [0, 0.1) is 5.82 Å². The van der Waals surface area contributed by atoms with E-state index >= 15 is 0 Å². The molecule has 0 saturated carbocycles. The molecule has 1 atom stereocenters. The van der Waals surface area contributed by atoms with Crippen LogP contribution in [0.2, 0.25) is 0 Å². The van der Waals surface area contributed by atoms with Gasteiger partial charge < -0.3 is 14.2 Å². The Balaban J connectivity index is 1.39. The summed E-state index contributed by atoms with van der Waals surface area (Å²) < 4.78 is 21.6. The van der Waals surface area contributed by atoms with Crippen LogP contribution in [-0.4, -0.2) is 45.0 Å². The SMILES string of the molecule is O=C(c1cccc(F)c1)N1CCC(n2c([C@H]3CCCO3)nc3cccnc32)CC1. The molecule has 7 heteroatoms. The summed E-state index contributed by atoms with van der Waals surface area (Å²) >= 11 is 0. The van der Waals surface area contributed by atoms with E-state index in [0.29, 0.717) is 18.7 Å². The third kappa shape index (κ3) is 3.40. The van der Waals surface area contributed by atoms with Crippen LogP contribution in [0.15, 0.2) is 42.6 Å². The molecule has 2 saturated heterocycles. The third-order valence-electron chi connectivity index (χ3n) is 5.88. The molecule has 2 aliphatic rings. The highest BCUT2D eigenvalue weighted by Crippen LogP contribution is 2.35. The summed E-state index contributed by atoms with van der Waals surface area (Å²) in [5.74, 6) is 0.449. The highest BCUT2D eigenvalue weighted by Gasteiger charge is 2.31. The van der Waals surface area contributed by atoms with Gasteiger partial charge in [-0.25, -0.2) is 14.4 Å². The molecule has 3 aromatic rings. The van der Waals surface area contributed by atoms with E-state index in [-0.39, 0.29) is 23.9 Å². The summed E-state index contributed by atoms with van der Waals surface area (Å²) in [4.78, 5) is 24.0. The zero-order valence-electron chi connectivity index (χ0n) is 16.1. The van der Waals surface area contributed by atoms with Crippen molar-refractivity contribution in [3.8, 4) is 0 Å². The van der Waals surface area contributed by atoms with Gasteiger partial charge in [-0.15, -0.1) is 0 Å². The maximum atomic E-state index is 13.5. The molecule has 2 fully saturated rings. The van der Waals surface area contributed by atoms with Crippen LogP contribution in [0.1, 0.15) is 54.0 Å². The molecular formula is C22H23FN4O2. The smallest absolute Gasteiger partial charge is 0.253 e. The molecule has 0 aliphatic carbocycles. The second-order valence-corrected chi connectivity index (χ2v) is 7.72. The van der Waals surface area contributed by atoms with Gasteiger partial charge in [-0.2, -0.15) is 0 Å². The average Bonchev–Trinajstić information content (AvgIpc) is 3.41. The van der Waals surface area contributed by atoms with Gasteiger partial charge in [0.05, 0.1) is 0 Å². The number of amides is 1. The van der Waals surface area contributed by atoms with Crippen molar-refractivity contribution in [2.24, 2.45) is 0 Å². The average molecular weight is 394 g/mol. The Morgan fingerprint density at radius 1 is 1.14 bits per heavy atom. The number of benzene rings is 1. The molecule has 1 amide bonds. The van der Waals surface area contributed by atoms with Crippen LogP contribution < -0.4 is 0 Å². The number of likely N-dealkylation sites (tertiary alicyclic amines) is 1. The second-order valence-electron chi connectivity index (χ2n) is 7.72. The lowest BCUT2D eigenvalue weighted by atomic mass is 10.0. The highest BCUT2D eigenvalue weighted by molar-refractivity contribution is 5.94. The minimum absolute atomic E-state index is 0.0103. The van der Waals surface area contributed by atoms with Gasteiger partial charge in [-0.1, -0.05) is 6.07 Å². The fraction of sp³-hybridized carbons (Fsp3) is 0.409. The van der Waals surface area contributed by atoms with E-state index in [9.17, 15) is 9.18 Å². The van der Waals surface area contributed by atoms with E-state index in [1.165, 1.54) is 12.1 Å². The van der Waals surface area contributed by atoms with Crippen molar-refractivity contribution in [3.05, 3.63) is 59.8 Å². The minimum Gasteiger partial charge on any atom is -0.370 e. The lowest BCUT2D eigenvalue weighted by Crippen LogP contribution is -2.39. The van der Waals surface area contributed by atoms with Gasteiger partial charge >= 0.3 is 0 Å². The van der Waals surface area contributed by atoms with E-state index in [1.807, 2.05) is 17.0 Å². The van der Waals surface area contributed by atoms with E-state index < -0.39 is 0 Å². The number of hydrogen-bond acceptors (Lipinski definition) is 4. The number of halogens is 1. The molecular weight excluding hydrogens is 371 g/mol. The first-order valence-electron chi connectivity index (χ1n) is 10.2. The summed E-state index contributed by atoms with van der Waals surface area (Å²) in [6.45, 7) is 2.01. The van der Waals surface area contributed by atoms with Crippen molar-refractivity contribution in [2.75, 3.05) is 19.7 Å². The molecule has 0 bridgehead atoms. The molecule has 4 heterocycles. The van der Waals surface area contributed by atoms with Gasteiger partial charge in [0.1, 0.15) is 23.3 Å². The standard InChI is InChI=1S/C22H23FN4O2/c23-16-5-1-4-15(14-16)22(28)26-11-8-17(9-12-26)27-20-18(6-2-10-24-20)25-21(27)19-7-3-13-29-19/h1-2,4-6,10,14,17,19H,3,7-9,11-13H2/t19-/m1/s1. The van der Waals surface area contributed by atoms with E-state index in [0.717, 1.165) is 49.3 Å². The van der Waals surface area contributed by atoms with Crippen molar-refractivity contribution < 1.29 is 13.9 Å². The van der Waals surface area contributed by atoms with Gasteiger partial charge in [0.15, 0.2) is 5.65 Å². The van der Waals surface area contributed by atoms with Crippen LogP contribution >= 0.6 is 0 Å². The number of hydrogen-bond donors (Lipinski definition) is 0. The molecule has 5 rings (SSSR count). The molecule has 150 valence electrons. The van der Waals surface area contributed by atoms with E-state index in [2.05, 4.69) is 9.55 Å². The number of carbonyl (C=O) groups excluding carboxylic acids is 1. The van der Waals surface area contributed by atoms with Crippen LogP contribution in [0.4, 0.5) is 4.39 Å². The zero-order chi connectivity index (χ0) is 19.8. The van der Waals surface area contributed by atoms with E-state index in [1.54, 1.807) is 18.3 Å². The molecule has 0 spiro atoms. The number of piperidine rings is 1. The van der Waals surface area contributed by atoms with Gasteiger partial charge in [0.25, 0.3) is 5.91 Å². The molecule has 0 unspecified atom stereocenters. The third-order valence-corrected chi connectivity index (χ3v) is 5.88.